The predicted octanol–water partition coefficient (Wildman–Crippen LogP) is -0.874. The molecule has 2 N–H and O–H groups in total. The standard InChI is InChI=1S/C14H21ClN2O2.ClH/c1-4-17(5-2)8-9-19-14(18)16-13-10-12(15)7-6-11(13)3;/h6-7,10H,4-5,8-9H2,1-3H3,(H,16,18);1H. The summed E-state index contributed by atoms with van der Waals surface area (Å²) in [5, 5.41) is 3.30. The number of rotatable bonds is 6. The van der Waals surface area contributed by atoms with Crippen molar-refractivity contribution >= 4 is 23.4 Å². The van der Waals surface area contributed by atoms with Crippen LogP contribution in [0, 0.1) is 6.92 Å². The molecule has 0 spiro atoms. The molecule has 1 rings (SSSR count). The SMILES string of the molecule is CC[NH+](CC)CCOC(=O)Nc1cc(Cl)ccc1C.[Cl-]. The van der Waals surface area contributed by atoms with Crippen LogP contribution in [0.25, 0.3) is 0 Å². The van der Waals surface area contributed by atoms with Crippen LogP contribution in [0.5, 0.6) is 0 Å². The molecule has 4 nitrogen and oxygen atoms in total. The van der Waals surface area contributed by atoms with E-state index in [1.807, 2.05) is 13.0 Å². The van der Waals surface area contributed by atoms with E-state index in [0.29, 0.717) is 17.3 Å². The van der Waals surface area contributed by atoms with Gasteiger partial charge in [0, 0.05) is 10.7 Å². The lowest BCUT2D eigenvalue weighted by Crippen LogP contribution is -3.11. The van der Waals surface area contributed by atoms with E-state index in [0.717, 1.165) is 25.2 Å². The molecule has 6 heteroatoms. The van der Waals surface area contributed by atoms with Gasteiger partial charge in [-0.2, -0.15) is 0 Å². The van der Waals surface area contributed by atoms with Crippen LogP contribution in [0.15, 0.2) is 18.2 Å². The first-order valence-corrected chi connectivity index (χ1v) is 6.98. The molecule has 0 bridgehead atoms. The van der Waals surface area contributed by atoms with E-state index < -0.39 is 6.09 Å². The van der Waals surface area contributed by atoms with E-state index in [9.17, 15) is 4.79 Å². The highest BCUT2D eigenvalue weighted by atomic mass is 35.5. The van der Waals surface area contributed by atoms with Crippen molar-refractivity contribution < 1.29 is 26.8 Å². The van der Waals surface area contributed by atoms with E-state index >= 15 is 0 Å². The molecule has 0 aliphatic heterocycles. The number of aryl methyl sites for hydroxylation is 1. The van der Waals surface area contributed by atoms with Crippen molar-refractivity contribution in [3.8, 4) is 0 Å². The molecule has 0 saturated carbocycles. The van der Waals surface area contributed by atoms with Crippen LogP contribution < -0.4 is 22.6 Å². The Morgan fingerprint density at radius 1 is 1.35 bits per heavy atom. The smallest absolute Gasteiger partial charge is 0.411 e. The van der Waals surface area contributed by atoms with Gasteiger partial charge in [-0.1, -0.05) is 17.7 Å². The minimum atomic E-state index is -0.433. The summed E-state index contributed by atoms with van der Waals surface area (Å²) in [6, 6.07) is 5.36. The highest BCUT2D eigenvalue weighted by Gasteiger charge is 2.08. The molecule has 1 aromatic rings. The lowest BCUT2D eigenvalue weighted by atomic mass is 10.2. The maximum absolute atomic E-state index is 11.6. The number of nitrogens with one attached hydrogen (secondary N) is 2. The zero-order chi connectivity index (χ0) is 14.3. The van der Waals surface area contributed by atoms with Gasteiger partial charge in [0.15, 0.2) is 0 Å². The van der Waals surface area contributed by atoms with Crippen LogP contribution in [-0.4, -0.2) is 32.3 Å². The van der Waals surface area contributed by atoms with Crippen LogP contribution in [0.2, 0.25) is 5.02 Å². The molecular formula is C14H22Cl2N2O2. The number of carbonyl (C=O) groups is 1. The Balaban J connectivity index is 0.00000361. The van der Waals surface area contributed by atoms with Gasteiger partial charge in [-0.15, -0.1) is 0 Å². The number of quaternary nitrogens is 1. The lowest BCUT2D eigenvalue weighted by molar-refractivity contribution is -0.896. The van der Waals surface area contributed by atoms with Gasteiger partial charge in [0.2, 0.25) is 0 Å². The molecule has 0 saturated heterocycles. The summed E-state index contributed by atoms with van der Waals surface area (Å²) in [6.07, 6.45) is -0.433. The third kappa shape index (κ3) is 6.46. The van der Waals surface area contributed by atoms with E-state index in [-0.39, 0.29) is 12.4 Å². The first-order valence-electron chi connectivity index (χ1n) is 6.60. The van der Waals surface area contributed by atoms with E-state index in [2.05, 4.69) is 19.2 Å². The Morgan fingerprint density at radius 3 is 2.60 bits per heavy atom. The average molecular weight is 321 g/mol. The Kier molecular flexibility index (Phi) is 9.38. The number of likely N-dealkylation sites (N-methyl/N-ethyl adjacent to an activating group) is 1. The third-order valence-corrected chi connectivity index (χ3v) is 3.36. The minimum absolute atomic E-state index is 0. The second-order valence-corrected chi connectivity index (χ2v) is 4.86. The fourth-order valence-electron chi connectivity index (χ4n) is 1.77. The monoisotopic (exact) mass is 320 g/mol. The minimum Gasteiger partial charge on any atom is -1.00 e. The topological polar surface area (TPSA) is 42.8 Å². The third-order valence-electron chi connectivity index (χ3n) is 3.13. The van der Waals surface area contributed by atoms with Gasteiger partial charge < -0.3 is 22.0 Å². The van der Waals surface area contributed by atoms with Crippen molar-refractivity contribution in [1.82, 2.24) is 0 Å². The summed E-state index contributed by atoms with van der Waals surface area (Å²) in [7, 11) is 0. The first kappa shape index (κ1) is 19.0. The fourth-order valence-corrected chi connectivity index (χ4v) is 1.94. The quantitative estimate of drug-likeness (QED) is 0.715. The second kappa shape index (κ2) is 9.86. The number of carbonyl (C=O) groups excluding carboxylic acids is 1. The number of anilines is 1. The Morgan fingerprint density at radius 2 is 2.00 bits per heavy atom. The summed E-state index contributed by atoms with van der Waals surface area (Å²) in [5.74, 6) is 0. The maximum Gasteiger partial charge on any atom is 0.411 e. The maximum atomic E-state index is 11.6. The molecule has 0 aliphatic rings. The first-order chi connectivity index (χ1) is 9.06. The van der Waals surface area contributed by atoms with Crippen LogP contribution in [0.3, 0.4) is 0 Å². The summed E-state index contributed by atoms with van der Waals surface area (Å²) in [5.41, 5.74) is 1.64. The van der Waals surface area contributed by atoms with Crippen LogP contribution in [0.1, 0.15) is 19.4 Å². The van der Waals surface area contributed by atoms with Crippen molar-refractivity contribution in [1.29, 1.82) is 0 Å². The van der Waals surface area contributed by atoms with Crippen molar-refractivity contribution in [2.24, 2.45) is 0 Å². The Bertz CT molecular complexity index is 424. The summed E-state index contributed by atoms with van der Waals surface area (Å²) < 4.78 is 5.16. The molecular weight excluding hydrogens is 299 g/mol. The van der Waals surface area contributed by atoms with E-state index in [4.69, 9.17) is 16.3 Å². The molecule has 0 atom stereocenters. The van der Waals surface area contributed by atoms with Gasteiger partial charge in [0.1, 0.15) is 13.2 Å². The molecule has 0 radical (unpaired) electrons. The summed E-state index contributed by atoms with van der Waals surface area (Å²) >= 11 is 5.89. The summed E-state index contributed by atoms with van der Waals surface area (Å²) in [6.45, 7) is 9.47. The molecule has 0 aliphatic carbocycles. The summed E-state index contributed by atoms with van der Waals surface area (Å²) in [4.78, 5) is 13.1. The molecule has 0 fully saturated rings. The van der Waals surface area contributed by atoms with Crippen molar-refractivity contribution in [2.75, 3.05) is 31.6 Å². The van der Waals surface area contributed by atoms with Gasteiger partial charge in [-0.3, -0.25) is 5.32 Å². The van der Waals surface area contributed by atoms with Gasteiger partial charge >= 0.3 is 6.09 Å². The molecule has 0 unspecified atom stereocenters. The second-order valence-electron chi connectivity index (χ2n) is 4.43. The predicted molar refractivity (Wildman–Crippen MR) is 78.1 cm³/mol. The van der Waals surface area contributed by atoms with Gasteiger partial charge in [-0.05, 0) is 38.5 Å². The fraction of sp³-hybridized carbons (Fsp3) is 0.500. The van der Waals surface area contributed by atoms with Crippen LogP contribution >= 0.6 is 11.6 Å². The number of benzene rings is 1. The van der Waals surface area contributed by atoms with Crippen molar-refractivity contribution in [2.45, 2.75) is 20.8 Å². The molecule has 114 valence electrons. The molecule has 0 heterocycles. The number of hydrogen-bond donors (Lipinski definition) is 2. The largest absolute Gasteiger partial charge is 1.00 e. The highest BCUT2D eigenvalue weighted by molar-refractivity contribution is 6.30. The van der Waals surface area contributed by atoms with Gasteiger partial charge in [0.05, 0.1) is 13.1 Å². The zero-order valence-corrected chi connectivity index (χ0v) is 13.6. The van der Waals surface area contributed by atoms with Crippen LogP contribution in [0.4, 0.5) is 10.5 Å². The highest BCUT2D eigenvalue weighted by Crippen LogP contribution is 2.20. The zero-order valence-electron chi connectivity index (χ0n) is 12.1. The van der Waals surface area contributed by atoms with Gasteiger partial charge in [-0.25, -0.2) is 4.79 Å². The Hall–Kier alpha value is -0.970. The van der Waals surface area contributed by atoms with Crippen LogP contribution in [-0.2, 0) is 4.74 Å². The van der Waals surface area contributed by atoms with E-state index in [1.165, 1.54) is 4.90 Å². The van der Waals surface area contributed by atoms with Gasteiger partial charge in [0.25, 0.3) is 0 Å². The molecule has 1 amide bonds. The number of amides is 1. The number of ether oxygens (including phenoxy) is 1. The molecule has 0 aromatic heterocycles. The normalized spacial score (nSPS) is 10.1. The van der Waals surface area contributed by atoms with Crippen molar-refractivity contribution in [3.05, 3.63) is 28.8 Å². The lowest BCUT2D eigenvalue weighted by Gasteiger charge is -2.15. The van der Waals surface area contributed by atoms with Crippen molar-refractivity contribution in [3.63, 3.8) is 0 Å². The molecule has 20 heavy (non-hydrogen) atoms. The Labute approximate surface area is 131 Å². The number of halogens is 2. The number of hydrogen-bond acceptors (Lipinski definition) is 2. The van der Waals surface area contributed by atoms with E-state index in [1.54, 1.807) is 12.1 Å². The molecule has 1 aromatic carbocycles. The average Bonchev–Trinajstić information content (AvgIpc) is 2.39.